The van der Waals surface area contributed by atoms with E-state index in [1.807, 2.05) is 0 Å². The molecule has 0 bridgehead atoms. The third-order valence-corrected chi connectivity index (χ3v) is 5.29. The molecule has 0 unspecified atom stereocenters. The number of hydrogen-bond acceptors (Lipinski definition) is 1. The summed E-state index contributed by atoms with van der Waals surface area (Å²) in [7, 11) is 0. The lowest BCUT2D eigenvalue weighted by molar-refractivity contribution is 0.248. The van der Waals surface area contributed by atoms with Crippen molar-refractivity contribution in [2.75, 3.05) is 0 Å². The molecule has 0 atom stereocenters. The molecule has 0 radical (unpaired) electrons. The lowest BCUT2D eigenvalue weighted by atomic mass is 9.77. The van der Waals surface area contributed by atoms with Crippen molar-refractivity contribution >= 4 is 0 Å². The van der Waals surface area contributed by atoms with Crippen LogP contribution in [0.5, 0.6) is 0 Å². The van der Waals surface area contributed by atoms with Gasteiger partial charge in [0.2, 0.25) is 0 Å². The normalized spacial score (nSPS) is 21.1. The summed E-state index contributed by atoms with van der Waals surface area (Å²) in [6.07, 6.45) is 11.8. The standard InChI is InChI=1S/C20H27F2N/c1-2-3-4-5-15-6-8-16(9-7-15)10-11-17-12-13-18(14-23)20(22)19(17)21/h12-13,15-16H,2-11H2,1H3/t15-,16-. The van der Waals surface area contributed by atoms with Crippen LogP contribution < -0.4 is 0 Å². The van der Waals surface area contributed by atoms with Gasteiger partial charge in [0, 0.05) is 0 Å². The molecular formula is C20H27F2N. The number of benzene rings is 1. The van der Waals surface area contributed by atoms with Crippen molar-refractivity contribution < 1.29 is 8.78 Å². The molecule has 1 aliphatic carbocycles. The first kappa shape index (κ1) is 17.9. The summed E-state index contributed by atoms with van der Waals surface area (Å²) in [5.41, 5.74) is 0.199. The Hall–Kier alpha value is -1.43. The Balaban J connectivity index is 1.78. The van der Waals surface area contributed by atoms with Gasteiger partial charge < -0.3 is 0 Å². The summed E-state index contributed by atoms with van der Waals surface area (Å²) in [6, 6.07) is 4.63. The summed E-state index contributed by atoms with van der Waals surface area (Å²) in [4.78, 5) is 0. The van der Waals surface area contributed by atoms with E-state index in [0.29, 0.717) is 17.9 Å². The topological polar surface area (TPSA) is 23.8 Å². The third kappa shape index (κ3) is 5.03. The Bertz CT molecular complexity index is 539. The lowest BCUT2D eigenvalue weighted by Crippen LogP contribution is -2.15. The van der Waals surface area contributed by atoms with Crippen molar-refractivity contribution in [1.29, 1.82) is 5.26 Å². The van der Waals surface area contributed by atoms with Crippen LogP contribution in [0.4, 0.5) is 8.78 Å². The van der Waals surface area contributed by atoms with Crippen molar-refractivity contribution in [2.45, 2.75) is 71.1 Å². The van der Waals surface area contributed by atoms with Gasteiger partial charge in [0.05, 0.1) is 5.56 Å². The van der Waals surface area contributed by atoms with Gasteiger partial charge in [-0.1, -0.05) is 64.4 Å². The first-order valence-corrected chi connectivity index (χ1v) is 9.02. The van der Waals surface area contributed by atoms with Gasteiger partial charge in [0.1, 0.15) is 6.07 Å². The molecule has 3 heteroatoms. The molecule has 1 aromatic rings. The highest BCUT2D eigenvalue weighted by atomic mass is 19.2. The number of hydrogen-bond donors (Lipinski definition) is 0. The molecule has 0 saturated heterocycles. The van der Waals surface area contributed by atoms with Crippen LogP contribution in [0.15, 0.2) is 12.1 Å². The molecule has 1 saturated carbocycles. The molecule has 0 aromatic heterocycles. The van der Waals surface area contributed by atoms with Crippen molar-refractivity contribution in [2.24, 2.45) is 11.8 Å². The molecule has 23 heavy (non-hydrogen) atoms. The Morgan fingerprint density at radius 3 is 2.26 bits per heavy atom. The van der Waals surface area contributed by atoms with Crippen LogP contribution in [0.1, 0.15) is 75.8 Å². The summed E-state index contributed by atoms with van der Waals surface area (Å²) in [5, 5.41) is 8.71. The van der Waals surface area contributed by atoms with E-state index < -0.39 is 11.6 Å². The molecule has 0 amide bonds. The first-order valence-electron chi connectivity index (χ1n) is 9.02. The van der Waals surface area contributed by atoms with Crippen LogP contribution in [0.25, 0.3) is 0 Å². The molecule has 1 aliphatic rings. The summed E-state index contributed by atoms with van der Waals surface area (Å²) in [5.74, 6) is -0.320. The average molecular weight is 319 g/mol. The molecule has 2 rings (SSSR count). The summed E-state index contributed by atoms with van der Waals surface area (Å²) in [6.45, 7) is 2.24. The van der Waals surface area contributed by atoms with E-state index in [2.05, 4.69) is 6.92 Å². The van der Waals surface area contributed by atoms with Crippen molar-refractivity contribution in [1.82, 2.24) is 0 Å². The van der Waals surface area contributed by atoms with Crippen LogP contribution in [-0.2, 0) is 6.42 Å². The quantitative estimate of drug-likeness (QED) is 0.552. The van der Waals surface area contributed by atoms with Gasteiger partial charge in [-0.3, -0.25) is 0 Å². The maximum atomic E-state index is 13.9. The molecule has 0 aliphatic heterocycles. The molecule has 126 valence electrons. The monoisotopic (exact) mass is 319 g/mol. The van der Waals surface area contributed by atoms with Crippen LogP contribution in [0.2, 0.25) is 0 Å². The molecular weight excluding hydrogens is 292 g/mol. The van der Waals surface area contributed by atoms with Crippen LogP contribution in [-0.4, -0.2) is 0 Å². The van der Waals surface area contributed by atoms with Crippen molar-refractivity contribution in [3.05, 3.63) is 34.9 Å². The third-order valence-electron chi connectivity index (χ3n) is 5.29. The Labute approximate surface area is 138 Å². The SMILES string of the molecule is CCCCC[C@H]1CC[C@H](CCc2ccc(C#N)c(F)c2F)CC1. The van der Waals surface area contributed by atoms with Gasteiger partial charge >= 0.3 is 0 Å². The molecule has 1 nitrogen and oxygen atoms in total. The predicted octanol–water partition coefficient (Wildman–Crippen LogP) is 6.16. The van der Waals surface area contributed by atoms with Gasteiger partial charge in [0.25, 0.3) is 0 Å². The van der Waals surface area contributed by atoms with Crippen LogP contribution in [0.3, 0.4) is 0 Å². The number of unbranched alkanes of at least 4 members (excludes halogenated alkanes) is 2. The molecule has 1 aromatic carbocycles. The zero-order valence-electron chi connectivity index (χ0n) is 14.1. The number of aryl methyl sites for hydroxylation is 1. The molecule has 1 fully saturated rings. The van der Waals surface area contributed by atoms with Gasteiger partial charge in [0.15, 0.2) is 11.6 Å². The highest BCUT2D eigenvalue weighted by Gasteiger charge is 2.21. The number of nitrogens with zero attached hydrogens (tertiary/aromatic N) is 1. The second-order valence-corrected chi connectivity index (χ2v) is 6.93. The van der Waals surface area contributed by atoms with E-state index >= 15 is 0 Å². The maximum Gasteiger partial charge on any atom is 0.176 e. The van der Waals surface area contributed by atoms with E-state index in [4.69, 9.17) is 5.26 Å². The minimum Gasteiger partial charge on any atom is -0.203 e. The molecule has 0 N–H and O–H groups in total. The summed E-state index contributed by atoms with van der Waals surface area (Å²) >= 11 is 0. The van der Waals surface area contributed by atoms with Crippen LogP contribution in [0, 0.1) is 34.8 Å². The van der Waals surface area contributed by atoms with Gasteiger partial charge in [-0.25, -0.2) is 8.78 Å². The molecule has 0 heterocycles. The van der Waals surface area contributed by atoms with Crippen molar-refractivity contribution in [3.63, 3.8) is 0 Å². The minimum absolute atomic E-state index is 0.209. The van der Waals surface area contributed by atoms with E-state index in [-0.39, 0.29) is 5.56 Å². The highest BCUT2D eigenvalue weighted by molar-refractivity contribution is 5.34. The van der Waals surface area contributed by atoms with E-state index in [1.165, 1.54) is 57.4 Å². The highest BCUT2D eigenvalue weighted by Crippen LogP contribution is 2.34. The first-order chi connectivity index (χ1) is 11.2. The lowest BCUT2D eigenvalue weighted by Gasteiger charge is -2.28. The van der Waals surface area contributed by atoms with Gasteiger partial charge in [-0.05, 0) is 36.3 Å². The second kappa shape index (κ2) is 9.01. The molecule has 0 spiro atoms. The van der Waals surface area contributed by atoms with E-state index in [1.54, 1.807) is 12.1 Å². The predicted molar refractivity (Wildman–Crippen MR) is 89.0 cm³/mol. The zero-order chi connectivity index (χ0) is 16.7. The van der Waals surface area contributed by atoms with Crippen LogP contribution >= 0.6 is 0 Å². The maximum absolute atomic E-state index is 13.9. The van der Waals surface area contributed by atoms with Gasteiger partial charge in [-0.2, -0.15) is 5.26 Å². The number of rotatable bonds is 7. The smallest absolute Gasteiger partial charge is 0.176 e. The largest absolute Gasteiger partial charge is 0.203 e. The Morgan fingerprint density at radius 1 is 1.00 bits per heavy atom. The Morgan fingerprint density at radius 2 is 1.65 bits per heavy atom. The number of halogens is 2. The van der Waals surface area contributed by atoms with E-state index in [0.717, 1.165) is 12.3 Å². The minimum atomic E-state index is -0.996. The van der Waals surface area contributed by atoms with Gasteiger partial charge in [-0.15, -0.1) is 0 Å². The van der Waals surface area contributed by atoms with E-state index in [9.17, 15) is 8.78 Å². The number of nitriles is 1. The zero-order valence-corrected chi connectivity index (χ0v) is 14.1. The second-order valence-electron chi connectivity index (χ2n) is 6.93. The average Bonchev–Trinajstić information content (AvgIpc) is 2.58. The fourth-order valence-corrected chi connectivity index (χ4v) is 3.72. The fraction of sp³-hybridized carbons (Fsp3) is 0.650. The van der Waals surface area contributed by atoms with Crippen molar-refractivity contribution in [3.8, 4) is 6.07 Å². The Kier molecular flexibility index (Phi) is 7.02. The fourth-order valence-electron chi connectivity index (χ4n) is 3.72. The summed E-state index contributed by atoms with van der Waals surface area (Å²) < 4.78 is 27.5.